The fourth-order valence-electron chi connectivity index (χ4n) is 4.91. The summed E-state index contributed by atoms with van der Waals surface area (Å²) >= 11 is 1.51. The Balaban J connectivity index is 2.01. The molecule has 3 amide bonds. The molecule has 0 saturated heterocycles. The largest absolute Gasteiger partial charge is 0.467 e. The van der Waals surface area contributed by atoms with Crippen LogP contribution in [0.1, 0.15) is 86.6 Å². The lowest BCUT2D eigenvalue weighted by Gasteiger charge is -2.25. The average molecular weight is 697 g/mol. The Morgan fingerprint density at radius 2 is 1.55 bits per heavy atom. The van der Waals surface area contributed by atoms with E-state index in [4.69, 9.17) is 9.47 Å². The second-order valence-corrected chi connectivity index (χ2v) is 14.6. The van der Waals surface area contributed by atoms with Crippen molar-refractivity contribution in [3.63, 3.8) is 0 Å². The van der Waals surface area contributed by atoms with Crippen LogP contribution in [0.2, 0.25) is 0 Å². The van der Waals surface area contributed by atoms with Gasteiger partial charge in [-0.15, -0.1) is 0 Å². The third kappa shape index (κ3) is 15.8. The van der Waals surface area contributed by atoms with E-state index in [9.17, 15) is 19.2 Å². The molecule has 0 unspecified atom stereocenters. The first-order chi connectivity index (χ1) is 23.1. The Kier molecular flexibility index (Phi) is 17.2. The molecular formula is C38H56N4O6S. The molecule has 2 rings (SSSR count). The van der Waals surface area contributed by atoms with Gasteiger partial charge in [0.1, 0.15) is 23.7 Å². The van der Waals surface area contributed by atoms with Gasteiger partial charge in [0.05, 0.1) is 7.11 Å². The van der Waals surface area contributed by atoms with Gasteiger partial charge in [-0.25, -0.2) is 9.59 Å². The molecule has 11 heteroatoms. The van der Waals surface area contributed by atoms with E-state index in [2.05, 4.69) is 66.9 Å². The number of aromatic nitrogens is 1. The molecule has 0 bridgehead atoms. The summed E-state index contributed by atoms with van der Waals surface area (Å²) in [4.78, 5) is 55.1. The van der Waals surface area contributed by atoms with E-state index in [1.165, 1.54) is 42.5 Å². The van der Waals surface area contributed by atoms with Crippen LogP contribution in [0.3, 0.4) is 0 Å². The van der Waals surface area contributed by atoms with Crippen molar-refractivity contribution in [2.24, 2.45) is 0 Å². The molecule has 49 heavy (non-hydrogen) atoms. The summed E-state index contributed by atoms with van der Waals surface area (Å²) in [5.41, 5.74) is 4.90. The lowest BCUT2D eigenvalue weighted by Crippen LogP contribution is -2.56. The number of carbonyl (C=O) groups is 4. The Bertz CT molecular complexity index is 1500. The number of benzene rings is 1. The Labute approximate surface area is 296 Å². The third-order valence-electron chi connectivity index (χ3n) is 7.52. The van der Waals surface area contributed by atoms with Crippen LogP contribution in [-0.4, -0.2) is 71.2 Å². The van der Waals surface area contributed by atoms with Gasteiger partial charge in [0.15, 0.2) is 0 Å². The molecule has 3 atom stereocenters. The van der Waals surface area contributed by atoms with Gasteiger partial charge in [-0.1, -0.05) is 53.1 Å². The van der Waals surface area contributed by atoms with Crippen molar-refractivity contribution >= 4 is 46.5 Å². The maximum atomic E-state index is 13.4. The number of ether oxygens (including phenoxy) is 2. The average Bonchev–Trinajstić information content (AvgIpc) is 3.43. The number of fused-ring (bicyclic) bond motifs is 1. The molecule has 1 heterocycles. The molecule has 1 aromatic carbocycles. The number of hydrogen-bond donors (Lipinski definition) is 4. The topological polar surface area (TPSA) is 139 Å². The van der Waals surface area contributed by atoms with Gasteiger partial charge >= 0.3 is 12.1 Å². The minimum atomic E-state index is -1.00. The van der Waals surface area contributed by atoms with Crippen molar-refractivity contribution in [3.8, 4) is 0 Å². The molecule has 0 aliphatic rings. The van der Waals surface area contributed by atoms with Crippen LogP contribution in [0.4, 0.5) is 4.79 Å². The molecule has 1 aromatic heterocycles. The smallest absolute Gasteiger partial charge is 0.408 e. The van der Waals surface area contributed by atoms with Gasteiger partial charge in [-0.2, -0.15) is 11.8 Å². The van der Waals surface area contributed by atoms with Crippen LogP contribution >= 0.6 is 11.8 Å². The summed E-state index contributed by atoms with van der Waals surface area (Å²) in [5.74, 6) is -0.769. The van der Waals surface area contributed by atoms with Crippen LogP contribution in [0.5, 0.6) is 0 Å². The number of amides is 3. The van der Waals surface area contributed by atoms with Crippen molar-refractivity contribution < 1.29 is 28.7 Å². The molecule has 10 nitrogen and oxygen atoms in total. The molecule has 0 spiro atoms. The van der Waals surface area contributed by atoms with Crippen LogP contribution < -0.4 is 16.0 Å². The van der Waals surface area contributed by atoms with Gasteiger partial charge in [-0.3, -0.25) is 9.59 Å². The Hall–Kier alpha value is -3.99. The summed E-state index contributed by atoms with van der Waals surface area (Å²) in [6, 6.07) is 4.72. The first kappa shape index (κ1) is 41.2. The standard InChI is InChI=1S/C38H56N4O6S/c1-25(2)15-14-18-26(3)16-10-11-17-27(4)23-49-24-33(42-37(46)48-38(6,7)8)35(44)40-28(5)34(43)41-32(36(45)47-9)21-29-22-39-31-20-13-12-19-30(29)31/h12-13,15-17,19-20,22,28,32-33,39H,10-11,14,18,21,23-24H2,1-9H3,(H,40,44)(H,41,43)(H,42,46)/b26-16+,27-17+/t28-,32-,33-/m0/s1. The van der Waals surface area contributed by atoms with Gasteiger partial charge in [-0.05, 0) is 92.7 Å². The number of allylic oxidation sites excluding steroid dienone is 5. The van der Waals surface area contributed by atoms with Crippen molar-refractivity contribution in [1.82, 2.24) is 20.9 Å². The van der Waals surface area contributed by atoms with Crippen molar-refractivity contribution in [3.05, 3.63) is 71.0 Å². The third-order valence-corrected chi connectivity index (χ3v) is 8.75. The van der Waals surface area contributed by atoms with Crippen LogP contribution in [0.15, 0.2) is 65.4 Å². The highest BCUT2D eigenvalue weighted by Crippen LogP contribution is 2.20. The quantitative estimate of drug-likeness (QED) is 0.0754. The molecule has 0 aliphatic carbocycles. The number of thioether (sulfide) groups is 1. The molecule has 2 aromatic rings. The summed E-state index contributed by atoms with van der Waals surface area (Å²) < 4.78 is 10.4. The maximum Gasteiger partial charge on any atom is 0.408 e. The maximum absolute atomic E-state index is 13.4. The van der Waals surface area contributed by atoms with E-state index < -0.39 is 47.6 Å². The number of rotatable bonds is 18. The zero-order valence-corrected chi connectivity index (χ0v) is 31.5. The number of carbonyl (C=O) groups excluding carboxylic acids is 4. The number of alkyl carbamates (subject to hydrolysis) is 1. The Morgan fingerprint density at radius 1 is 0.878 bits per heavy atom. The summed E-state index contributed by atoms with van der Waals surface area (Å²) in [6.45, 7) is 15.2. The number of para-hydroxylation sites is 1. The normalized spacial score (nSPS) is 14.0. The zero-order chi connectivity index (χ0) is 36.6. The fraction of sp³-hybridized carbons (Fsp3) is 0.526. The molecule has 0 saturated carbocycles. The molecule has 270 valence electrons. The minimum Gasteiger partial charge on any atom is -0.467 e. The highest BCUT2D eigenvalue weighted by atomic mass is 32.2. The summed E-state index contributed by atoms with van der Waals surface area (Å²) in [5, 5.41) is 9.00. The molecular weight excluding hydrogens is 641 g/mol. The van der Waals surface area contributed by atoms with Crippen molar-refractivity contribution in [2.45, 2.75) is 111 Å². The van der Waals surface area contributed by atoms with E-state index >= 15 is 0 Å². The first-order valence-corrected chi connectivity index (χ1v) is 18.0. The predicted octanol–water partition coefficient (Wildman–Crippen LogP) is 6.92. The van der Waals surface area contributed by atoms with E-state index in [0.29, 0.717) is 5.75 Å². The number of H-pyrrole nitrogens is 1. The van der Waals surface area contributed by atoms with E-state index in [-0.39, 0.29) is 12.2 Å². The van der Waals surface area contributed by atoms with Gasteiger partial charge in [0, 0.05) is 35.0 Å². The Morgan fingerprint density at radius 3 is 2.20 bits per heavy atom. The van der Waals surface area contributed by atoms with Gasteiger partial charge in [0.2, 0.25) is 11.8 Å². The molecule has 0 aliphatic heterocycles. The zero-order valence-electron chi connectivity index (χ0n) is 30.7. The summed E-state index contributed by atoms with van der Waals surface area (Å²) in [6.07, 6.45) is 12.0. The predicted molar refractivity (Wildman–Crippen MR) is 199 cm³/mol. The number of unbranched alkanes of at least 4 members (excludes halogenated alkanes) is 1. The number of methoxy groups -OCH3 is 1. The minimum absolute atomic E-state index is 0.196. The van der Waals surface area contributed by atoms with Crippen LogP contribution in [0, 0.1) is 0 Å². The second-order valence-electron chi connectivity index (χ2n) is 13.6. The monoisotopic (exact) mass is 696 g/mol. The molecule has 4 N–H and O–H groups in total. The number of aromatic amines is 1. The SMILES string of the molecule is COC(=O)[C@H](Cc1c[nH]c2ccccc12)NC(=O)[C@H](C)NC(=O)[C@H](CSC/C(C)=C/CC/C=C(\C)CCC=C(C)C)NC(=O)OC(C)(C)C. The van der Waals surface area contributed by atoms with E-state index in [1.807, 2.05) is 24.3 Å². The number of hydrogen-bond acceptors (Lipinski definition) is 7. The fourth-order valence-corrected chi connectivity index (χ4v) is 5.94. The first-order valence-electron chi connectivity index (χ1n) is 16.8. The van der Waals surface area contributed by atoms with E-state index in [0.717, 1.165) is 42.1 Å². The van der Waals surface area contributed by atoms with Gasteiger partial charge in [0.25, 0.3) is 0 Å². The van der Waals surface area contributed by atoms with Crippen LogP contribution in [0.25, 0.3) is 10.9 Å². The van der Waals surface area contributed by atoms with Gasteiger partial charge < -0.3 is 30.4 Å². The summed E-state index contributed by atoms with van der Waals surface area (Å²) in [7, 11) is 1.26. The lowest BCUT2D eigenvalue weighted by molar-refractivity contribution is -0.145. The number of nitrogens with one attached hydrogen (secondary N) is 4. The highest BCUT2D eigenvalue weighted by molar-refractivity contribution is 7.99. The molecule has 0 fully saturated rings. The van der Waals surface area contributed by atoms with Crippen LogP contribution in [-0.2, 0) is 30.3 Å². The molecule has 0 radical (unpaired) electrons. The van der Waals surface area contributed by atoms with Crippen molar-refractivity contribution in [1.29, 1.82) is 0 Å². The van der Waals surface area contributed by atoms with Crippen molar-refractivity contribution in [2.75, 3.05) is 18.6 Å². The highest BCUT2D eigenvalue weighted by Gasteiger charge is 2.29. The lowest BCUT2D eigenvalue weighted by atomic mass is 10.0. The second kappa shape index (κ2) is 20.5. The van der Waals surface area contributed by atoms with E-state index in [1.54, 1.807) is 27.0 Å². The number of esters is 1.